The molecule has 0 aliphatic carbocycles. The van der Waals surface area contributed by atoms with Crippen molar-refractivity contribution in [2.24, 2.45) is 0 Å². The summed E-state index contributed by atoms with van der Waals surface area (Å²) in [6, 6.07) is 7.30. The van der Waals surface area contributed by atoms with Crippen LogP contribution >= 0.6 is 0 Å². The van der Waals surface area contributed by atoms with Gasteiger partial charge in [0.25, 0.3) is 5.89 Å². The topological polar surface area (TPSA) is 90.2 Å². The number of fused-ring (bicyclic) bond motifs is 1. The van der Waals surface area contributed by atoms with Crippen LogP contribution in [0.15, 0.2) is 41.1 Å². The molecule has 0 unspecified atom stereocenters. The highest BCUT2D eigenvalue weighted by atomic mass is 16.6. The summed E-state index contributed by atoms with van der Waals surface area (Å²) >= 11 is 0. The number of hydrogen-bond acceptors (Lipinski definition) is 8. The van der Waals surface area contributed by atoms with Crippen LogP contribution in [0.4, 0.5) is 4.79 Å². The SMILES string of the molecule is COc1ccc(OCCN2CCN(C(=O)OC(C)(C)C)CC2)c2oc(C#Cc3cccnc3)nc12. The molecule has 4 rings (SSSR count). The van der Waals surface area contributed by atoms with Crippen molar-refractivity contribution in [3.05, 3.63) is 48.1 Å². The molecule has 1 aliphatic heterocycles. The first-order chi connectivity index (χ1) is 16.8. The third-order valence-electron chi connectivity index (χ3n) is 5.35. The van der Waals surface area contributed by atoms with Gasteiger partial charge in [0.15, 0.2) is 11.3 Å². The van der Waals surface area contributed by atoms with E-state index in [0.717, 1.165) is 25.2 Å². The second-order valence-electron chi connectivity index (χ2n) is 9.11. The number of hydrogen-bond donors (Lipinski definition) is 0. The Kier molecular flexibility index (Phi) is 7.42. The standard InChI is InChI=1S/C26H30N4O5/c1-26(2,3)35-25(31)30-14-12-29(13-15-30)16-17-33-21-9-8-20(32-4)23-24(21)34-22(28-23)10-7-19-6-5-11-27-18-19/h5-6,8-9,11,18H,12-17H2,1-4H3. The molecule has 1 amide bonds. The van der Waals surface area contributed by atoms with Gasteiger partial charge in [0.05, 0.1) is 7.11 Å². The van der Waals surface area contributed by atoms with E-state index in [1.807, 2.05) is 39.0 Å². The number of benzene rings is 1. The zero-order valence-corrected chi connectivity index (χ0v) is 20.5. The molecule has 0 bridgehead atoms. The van der Waals surface area contributed by atoms with E-state index < -0.39 is 5.60 Å². The summed E-state index contributed by atoms with van der Waals surface area (Å²) in [5.74, 6) is 7.37. The largest absolute Gasteiger partial charge is 0.494 e. The summed E-state index contributed by atoms with van der Waals surface area (Å²) in [5, 5.41) is 0. The predicted octanol–water partition coefficient (Wildman–Crippen LogP) is 3.56. The summed E-state index contributed by atoms with van der Waals surface area (Å²) in [7, 11) is 1.59. The van der Waals surface area contributed by atoms with Crippen LogP contribution in [-0.4, -0.2) is 77.9 Å². The summed E-state index contributed by atoms with van der Waals surface area (Å²) in [5.41, 5.74) is 1.34. The molecule has 1 aromatic carbocycles. The maximum atomic E-state index is 12.2. The summed E-state index contributed by atoms with van der Waals surface area (Å²) in [4.78, 5) is 24.8. The van der Waals surface area contributed by atoms with Gasteiger partial charge in [0, 0.05) is 50.7 Å². The molecule has 0 N–H and O–H groups in total. The molecular formula is C26H30N4O5. The molecule has 1 fully saturated rings. The van der Waals surface area contributed by atoms with Gasteiger partial charge in [-0.15, -0.1) is 0 Å². The average molecular weight is 479 g/mol. The molecule has 35 heavy (non-hydrogen) atoms. The first-order valence-corrected chi connectivity index (χ1v) is 11.5. The van der Waals surface area contributed by atoms with E-state index in [2.05, 4.69) is 26.7 Å². The monoisotopic (exact) mass is 478 g/mol. The maximum Gasteiger partial charge on any atom is 0.410 e. The van der Waals surface area contributed by atoms with Crippen molar-refractivity contribution >= 4 is 17.2 Å². The van der Waals surface area contributed by atoms with E-state index in [1.54, 1.807) is 30.5 Å². The van der Waals surface area contributed by atoms with Crippen LogP contribution in [0.2, 0.25) is 0 Å². The summed E-state index contributed by atoms with van der Waals surface area (Å²) < 4.78 is 22.8. The van der Waals surface area contributed by atoms with Crippen LogP contribution in [0.3, 0.4) is 0 Å². The number of nitrogens with zero attached hydrogens (tertiary/aromatic N) is 4. The average Bonchev–Trinajstić information content (AvgIpc) is 3.27. The molecule has 0 radical (unpaired) electrons. The number of piperazine rings is 1. The normalized spacial score (nSPS) is 14.3. The molecule has 0 atom stereocenters. The van der Waals surface area contributed by atoms with Gasteiger partial charge in [-0.05, 0) is 51.0 Å². The predicted molar refractivity (Wildman–Crippen MR) is 131 cm³/mol. The van der Waals surface area contributed by atoms with Crippen molar-refractivity contribution in [2.45, 2.75) is 26.4 Å². The number of amides is 1. The molecular weight excluding hydrogens is 448 g/mol. The fourth-order valence-corrected chi connectivity index (χ4v) is 3.62. The van der Waals surface area contributed by atoms with Gasteiger partial charge in [-0.1, -0.05) is 5.92 Å². The Balaban J connectivity index is 1.36. The van der Waals surface area contributed by atoms with Gasteiger partial charge in [-0.25, -0.2) is 4.79 Å². The van der Waals surface area contributed by atoms with Crippen LogP contribution in [0.1, 0.15) is 32.2 Å². The van der Waals surface area contributed by atoms with Gasteiger partial charge in [-0.3, -0.25) is 9.88 Å². The highest BCUT2D eigenvalue weighted by Gasteiger charge is 2.25. The number of pyridine rings is 1. The molecule has 0 saturated carbocycles. The smallest absolute Gasteiger partial charge is 0.410 e. The lowest BCUT2D eigenvalue weighted by Gasteiger charge is -2.35. The van der Waals surface area contributed by atoms with E-state index in [4.69, 9.17) is 18.6 Å². The third-order valence-corrected chi connectivity index (χ3v) is 5.35. The number of carbonyl (C=O) groups excluding carboxylic acids is 1. The summed E-state index contributed by atoms with van der Waals surface area (Å²) in [6.45, 7) is 9.58. The van der Waals surface area contributed by atoms with E-state index >= 15 is 0 Å². The zero-order valence-electron chi connectivity index (χ0n) is 20.5. The van der Waals surface area contributed by atoms with E-state index in [-0.39, 0.29) is 12.0 Å². The van der Waals surface area contributed by atoms with Crippen molar-refractivity contribution in [2.75, 3.05) is 46.4 Å². The Morgan fingerprint density at radius 3 is 2.57 bits per heavy atom. The molecule has 2 aromatic heterocycles. The lowest BCUT2D eigenvalue weighted by atomic mass is 10.2. The lowest BCUT2D eigenvalue weighted by Crippen LogP contribution is -2.50. The van der Waals surface area contributed by atoms with E-state index in [1.165, 1.54) is 0 Å². The van der Waals surface area contributed by atoms with Crippen LogP contribution in [0.5, 0.6) is 11.5 Å². The number of carbonyl (C=O) groups is 1. The highest BCUT2D eigenvalue weighted by molar-refractivity contribution is 5.85. The van der Waals surface area contributed by atoms with Gasteiger partial charge in [0.1, 0.15) is 18.0 Å². The minimum Gasteiger partial charge on any atom is -0.494 e. The first kappa shape index (κ1) is 24.4. The second kappa shape index (κ2) is 10.7. The molecule has 9 nitrogen and oxygen atoms in total. The number of rotatable bonds is 5. The first-order valence-electron chi connectivity index (χ1n) is 11.5. The Hall–Kier alpha value is -3.77. The Bertz CT molecular complexity index is 1220. The van der Waals surface area contributed by atoms with E-state index in [9.17, 15) is 4.79 Å². The Morgan fingerprint density at radius 1 is 1.11 bits per heavy atom. The molecule has 3 heterocycles. The minimum absolute atomic E-state index is 0.262. The van der Waals surface area contributed by atoms with Crippen molar-refractivity contribution in [1.29, 1.82) is 0 Å². The third kappa shape index (κ3) is 6.43. The lowest BCUT2D eigenvalue weighted by molar-refractivity contribution is 0.0137. The zero-order chi connectivity index (χ0) is 24.8. The van der Waals surface area contributed by atoms with Crippen LogP contribution in [0, 0.1) is 11.8 Å². The highest BCUT2D eigenvalue weighted by Crippen LogP contribution is 2.33. The summed E-state index contributed by atoms with van der Waals surface area (Å²) in [6.07, 6.45) is 3.11. The molecule has 0 spiro atoms. The fourth-order valence-electron chi connectivity index (χ4n) is 3.62. The van der Waals surface area contributed by atoms with Crippen molar-refractivity contribution in [3.8, 4) is 23.3 Å². The number of aromatic nitrogens is 2. The van der Waals surface area contributed by atoms with Crippen LogP contribution in [-0.2, 0) is 4.74 Å². The second-order valence-corrected chi connectivity index (χ2v) is 9.11. The molecule has 184 valence electrons. The van der Waals surface area contributed by atoms with Crippen molar-refractivity contribution in [1.82, 2.24) is 19.8 Å². The fraction of sp³-hybridized carbons (Fsp3) is 0.423. The van der Waals surface area contributed by atoms with Crippen LogP contribution < -0.4 is 9.47 Å². The maximum absolute atomic E-state index is 12.2. The van der Waals surface area contributed by atoms with E-state index in [0.29, 0.717) is 42.3 Å². The quantitative estimate of drug-likeness (QED) is 0.514. The van der Waals surface area contributed by atoms with Crippen molar-refractivity contribution < 1.29 is 23.4 Å². The molecule has 3 aromatic rings. The van der Waals surface area contributed by atoms with Gasteiger partial charge in [-0.2, -0.15) is 4.98 Å². The van der Waals surface area contributed by atoms with Gasteiger partial charge >= 0.3 is 6.09 Å². The van der Waals surface area contributed by atoms with Gasteiger partial charge < -0.3 is 23.5 Å². The van der Waals surface area contributed by atoms with Crippen LogP contribution in [0.25, 0.3) is 11.1 Å². The Labute approximate surface area is 205 Å². The Morgan fingerprint density at radius 2 is 1.89 bits per heavy atom. The molecule has 1 saturated heterocycles. The number of oxazole rings is 1. The molecule has 9 heteroatoms. The number of methoxy groups -OCH3 is 1. The van der Waals surface area contributed by atoms with Crippen molar-refractivity contribution in [3.63, 3.8) is 0 Å². The molecule has 1 aliphatic rings. The number of ether oxygens (including phenoxy) is 3. The van der Waals surface area contributed by atoms with Gasteiger partial charge in [0.2, 0.25) is 5.58 Å². The minimum atomic E-state index is -0.489.